The van der Waals surface area contributed by atoms with Crippen LogP contribution >= 0.6 is 11.8 Å². The number of benzene rings is 1. The van der Waals surface area contributed by atoms with Crippen LogP contribution in [0.2, 0.25) is 0 Å². The Bertz CT molecular complexity index is 882. The van der Waals surface area contributed by atoms with Crippen molar-refractivity contribution in [3.63, 3.8) is 0 Å². The van der Waals surface area contributed by atoms with Crippen LogP contribution in [0.4, 0.5) is 4.79 Å². The summed E-state index contributed by atoms with van der Waals surface area (Å²) >= 11 is 1.54. The summed E-state index contributed by atoms with van der Waals surface area (Å²) in [4.78, 5) is 30.5. The number of hydrogen-bond donors (Lipinski definition) is 0. The predicted octanol–water partition coefficient (Wildman–Crippen LogP) is 4.18. The summed E-state index contributed by atoms with van der Waals surface area (Å²) in [7, 11) is 1.50. The molecule has 1 aliphatic heterocycles. The molecule has 1 aromatic carbocycles. The van der Waals surface area contributed by atoms with Gasteiger partial charge in [0.05, 0.1) is 25.1 Å². The number of thioether (sulfide) groups is 1. The Kier molecular flexibility index (Phi) is 6.32. The molecule has 1 aromatic heterocycles. The zero-order valence-electron chi connectivity index (χ0n) is 16.9. The first-order valence-corrected chi connectivity index (χ1v) is 10.2. The summed E-state index contributed by atoms with van der Waals surface area (Å²) in [5.74, 6) is 1.11. The molecule has 0 bridgehead atoms. The highest BCUT2D eigenvalue weighted by Crippen LogP contribution is 2.42. The van der Waals surface area contributed by atoms with E-state index in [1.807, 2.05) is 24.3 Å². The molecule has 8 heteroatoms. The molecule has 2 heterocycles. The molecule has 1 saturated heterocycles. The van der Waals surface area contributed by atoms with Gasteiger partial charge in [0, 0.05) is 6.20 Å². The van der Waals surface area contributed by atoms with E-state index in [0.29, 0.717) is 18.0 Å². The van der Waals surface area contributed by atoms with Crippen molar-refractivity contribution >= 4 is 23.8 Å². The lowest BCUT2D eigenvalue weighted by atomic mass is 10.1. The van der Waals surface area contributed by atoms with E-state index in [1.165, 1.54) is 18.9 Å². The van der Waals surface area contributed by atoms with Crippen LogP contribution in [0.5, 0.6) is 11.5 Å². The van der Waals surface area contributed by atoms with Gasteiger partial charge >= 0.3 is 6.16 Å². The number of nitrogens with zero attached hydrogens (tertiary/aromatic N) is 2. The standard InChI is InChI=1S/C21H24N2O5S/c1-21(2,3)28-20(25)27-16-9-8-14(11-17(16)26-4)19-23(18(24)13-29-19)12-15-7-5-6-10-22-15/h5-11,19H,12-13H2,1-4H3. The zero-order valence-corrected chi connectivity index (χ0v) is 17.7. The molecule has 1 amide bonds. The van der Waals surface area contributed by atoms with E-state index >= 15 is 0 Å². The minimum absolute atomic E-state index is 0.0544. The van der Waals surface area contributed by atoms with E-state index in [1.54, 1.807) is 44.0 Å². The summed E-state index contributed by atoms with van der Waals surface area (Å²) in [5, 5.41) is -0.172. The highest BCUT2D eigenvalue weighted by atomic mass is 32.2. The van der Waals surface area contributed by atoms with Crippen LogP contribution in [0, 0.1) is 0 Å². The van der Waals surface area contributed by atoms with E-state index in [2.05, 4.69) is 4.98 Å². The normalized spacial score (nSPS) is 16.6. The average molecular weight is 416 g/mol. The van der Waals surface area contributed by atoms with Gasteiger partial charge in [0.25, 0.3) is 0 Å². The molecule has 1 unspecified atom stereocenters. The van der Waals surface area contributed by atoms with Gasteiger partial charge in [-0.1, -0.05) is 12.1 Å². The van der Waals surface area contributed by atoms with Gasteiger partial charge in [0.15, 0.2) is 11.5 Å². The van der Waals surface area contributed by atoms with Gasteiger partial charge in [0.2, 0.25) is 5.91 Å². The number of hydrogen-bond acceptors (Lipinski definition) is 7. The predicted molar refractivity (Wildman–Crippen MR) is 110 cm³/mol. The molecule has 29 heavy (non-hydrogen) atoms. The van der Waals surface area contributed by atoms with Crippen molar-refractivity contribution in [3.8, 4) is 11.5 Å². The van der Waals surface area contributed by atoms with Crippen LogP contribution in [-0.2, 0) is 16.1 Å². The third kappa shape index (κ3) is 5.41. The monoisotopic (exact) mass is 416 g/mol. The quantitative estimate of drug-likeness (QED) is 0.534. The second-order valence-corrected chi connectivity index (χ2v) is 8.55. The summed E-state index contributed by atoms with van der Waals surface area (Å²) in [5.41, 5.74) is 1.05. The highest BCUT2D eigenvalue weighted by molar-refractivity contribution is 8.00. The van der Waals surface area contributed by atoms with Crippen LogP contribution < -0.4 is 9.47 Å². The lowest BCUT2D eigenvalue weighted by Crippen LogP contribution is -2.28. The van der Waals surface area contributed by atoms with Crippen molar-refractivity contribution in [1.29, 1.82) is 0 Å². The fraction of sp³-hybridized carbons (Fsp3) is 0.381. The van der Waals surface area contributed by atoms with Crippen molar-refractivity contribution in [2.24, 2.45) is 0 Å². The molecule has 1 atom stereocenters. The first-order valence-electron chi connectivity index (χ1n) is 9.16. The van der Waals surface area contributed by atoms with Crippen LogP contribution in [0.15, 0.2) is 42.6 Å². The number of ether oxygens (including phenoxy) is 3. The van der Waals surface area contributed by atoms with E-state index in [9.17, 15) is 9.59 Å². The molecule has 1 fully saturated rings. The Morgan fingerprint density at radius 3 is 2.69 bits per heavy atom. The van der Waals surface area contributed by atoms with Crippen molar-refractivity contribution in [2.75, 3.05) is 12.9 Å². The maximum absolute atomic E-state index is 12.4. The summed E-state index contributed by atoms with van der Waals surface area (Å²) in [6.07, 6.45) is 0.912. The second-order valence-electron chi connectivity index (χ2n) is 7.48. The van der Waals surface area contributed by atoms with Gasteiger partial charge < -0.3 is 19.1 Å². The van der Waals surface area contributed by atoms with E-state index in [0.717, 1.165) is 11.3 Å². The minimum Gasteiger partial charge on any atom is -0.493 e. The van der Waals surface area contributed by atoms with Gasteiger partial charge in [0.1, 0.15) is 11.0 Å². The lowest BCUT2D eigenvalue weighted by molar-refractivity contribution is -0.128. The van der Waals surface area contributed by atoms with Crippen molar-refractivity contribution in [2.45, 2.75) is 38.3 Å². The Labute approximate surface area is 174 Å². The molecular formula is C21H24N2O5S. The molecule has 0 aliphatic carbocycles. The number of carbonyl (C=O) groups excluding carboxylic acids is 2. The van der Waals surface area contributed by atoms with Gasteiger partial charge in [-0.3, -0.25) is 9.78 Å². The number of methoxy groups -OCH3 is 1. The minimum atomic E-state index is -0.800. The average Bonchev–Trinajstić information content (AvgIpc) is 3.02. The number of pyridine rings is 1. The van der Waals surface area contributed by atoms with E-state index < -0.39 is 11.8 Å². The molecular weight excluding hydrogens is 392 g/mol. The first-order chi connectivity index (χ1) is 13.8. The maximum atomic E-state index is 12.4. The third-order valence-electron chi connectivity index (χ3n) is 4.08. The Morgan fingerprint density at radius 2 is 2.03 bits per heavy atom. The Hall–Kier alpha value is -2.74. The zero-order chi connectivity index (χ0) is 21.0. The summed E-state index contributed by atoms with van der Waals surface area (Å²) in [6.45, 7) is 5.72. The van der Waals surface area contributed by atoms with Gasteiger partial charge in [-0.25, -0.2) is 4.79 Å². The van der Waals surface area contributed by atoms with Crippen LogP contribution in [0.25, 0.3) is 0 Å². The fourth-order valence-corrected chi connectivity index (χ4v) is 4.03. The number of carbonyl (C=O) groups is 2. The molecule has 3 rings (SSSR count). The molecule has 0 saturated carbocycles. The number of aromatic nitrogens is 1. The molecule has 154 valence electrons. The molecule has 7 nitrogen and oxygen atoms in total. The largest absolute Gasteiger partial charge is 0.514 e. The molecule has 0 spiro atoms. The third-order valence-corrected chi connectivity index (χ3v) is 5.34. The number of rotatable bonds is 5. The van der Waals surface area contributed by atoms with Crippen molar-refractivity contribution in [3.05, 3.63) is 53.9 Å². The Balaban J connectivity index is 1.79. The topological polar surface area (TPSA) is 78.0 Å². The van der Waals surface area contributed by atoms with Crippen LogP contribution in [0.1, 0.15) is 37.4 Å². The first kappa shape index (κ1) is 21.0. The molecule has 0 radical (unpaired) electrons. The van der Waals surface area contributed by atoms with Gasteiger partial charge in [-0.15, -0.1) is 11.8 Å². The highest BCUT2D eigenvalue weighted by Gasteiger charge is 2.33. The second kappa shape index (κ2) is 8.73. The molecule has 2 aromatic rings. The van der Waals surface area contributed by atoms with Crippen molar-refractivity contribution in [1.82, 2.24) is 9.88 Å². The van der Waals surface area contributed by atoms with E-state index in [-0.39, 0.29) is 17.0 Å². The fourth-order valence-electron chi connectivity index (χ4n) is 2.85. The molecule has 1 aliphatic rings. The summed E-state index contributed by atoms with van der Waals surface area (Å²) < 4.78 is 15.9. The van der Waals surface area contributed by atoms with Gasteiger partial charge in [-0.2, -0.15) is 0 Å². The molecule has 0 N–H and O–H groups in total. The Morgan fingerprint density at radius 1 is 1.24 bits per heavy atom. The SMILES string of the molecule is COc1cc(C2SCC(=O)N2Cc2ccccn2)ccc1OC(=O)OC(C)(C)C. The lowest BCUT2D eigenvalue weighted by Gasteiger charge is -2.24. The van der Waals surface area contributed by atoms with Crippen molar-refractivity contribution < 1.29 is 23.8 Å². The maximum Gasteiger partial charge on any atom is 0.514 e. The van der Waals surface area contributed by atoms with E-state index in [4.69, 9.17) is 14.2 Å². The smallest absolute Gasteiger partial charge is 0.493 e. The van der Waals surface area contributed by atoms with Crippen LogP contribution in [-0.4, -0.2) is 40.4 Å². The number of amides is 1. The van der Waals surface area contributed by atoms with Gasteiger partial charge in [-0.05, 0) is 50.6 Å². The van der Waals surface area contributed by atoms with Crippen LogP contribution in [0.3, 0.4) is 0 Å². The summed E-state index contributed by atoms with van der Waals surface area (Å²) in [6, 6.07) is 10.9.